The minimum Gasteiger partial charge on any atom is -0.352 e. The molecule has 7 heteroatoms. The van der Waals surface area contributed by atoms with Crippen molar-refractivity contribution in [2.24, 2.45) is 0 Å². The molecule has 6 nitrogen and oxygen atoms in total. The zero-order valence-electron chi connectivity index (χ0n) is 21.3. The molecule has 5 rings (SSSR count). The second-order valence-corrected chi connectivity index (χ2v) is 9.89. The van der Waals surface area contributed by atoms with Crippen molar-refractivity contribution in [1.29, 1.82) is 0 Å². The van der Waals surface area contributed by atoms with Gasteiger partial charge in [-0.05, 0) is 86.6 Å². The Labute approximate surface area is 223 Å². The monoisotopic (exact) mass is 509 g/mol. The number of amides is 1. The average molecular weight is 510 g/mol. The van der Waals surface area contributed by atoms with Crippen LogP contribution in [-0.2, 0) is 4.79 Å². The van der Waals surface area contributed by atoms with E-state index >= 15 is 0 Å². The van der Waals surface area contributed by atoms with E-state index in [1.165, 1.54) is 0 Å². The van der Waals surface area contributed by atoms with Crippen molar-refractivity contribution in [1.82, 2.24) is 19.8 Å². The van der Waals surface area contributed by atoms with Crippen molar-refractivity contribution < 1.29 is 4.79 Å². The van der Waals surface area contributed by atoms with Gasteiger partial charge in [0, 0.05) is 41.9 Å². The first-order valence-electron chi connectivity index (χ1n) is 12.5. The summed E-state index contributed by atoms with van der Waals surface area (Å²) in [6, 6.07) is 26.3. The molecule has 1 amide bonds. The van der Waals surface area contributed by atoms with E-state index in [-0.39, 0.29) is 18.0 Å². The van der Waals surface area contributed by atoms with E-state index in [0.29, 0.717) is 18.1 Å². The van der Waals surface area contributed by atoms with Crippen LogP contribution in [0.5, 0.6) is 0 Å². The summed E-state index contributed by atoms with van der Waals surface area (Å²) in [6.07, 6.45) is 2.12. The van der Waals surface area contributed by atoms with Gasteiger partial charge in [-0.1, -0.05) is 36.4 Å². The molecule has 2 atom stereocenters. The third-order valence-electron chi connectivity index (χ3n) is 6.87. The molecule has 0 saturated carbocycles. The van der Waals surface area contributed by atoms with Crippen LogP contribution in [0.25, 0.3) is 5.69 Å². The lowest BCUT2D eigenvalue weighted by Gasteiger charge is -2.29. The molecular weight excluding hydrogens is 478 g/mol. The smallest absolute Gasteiger partial charge is 0.226 e. The fraction of sp³-hybridized carbons (Fsp3) is 0.233. The number of anilines is 1. The SMILES string of the molecule is Cc1ccc(C)c(NC(=O)CCN2C(=S)NC(c3ccccn3)C2c2ccc(C)n2-c2ccccc2)c1. The number of pyridine rings is 1. The highest BCUT2D eigenvalue weighted by Gasteiger charge is 2.41. The molecule has 2 aromatic carbocycles. The van der Waals surface area contributed by atoms with Crippen molar-refractivity contribution in [2.75, 3.05) is 11.9 Å². The van der Waals surface area contributed by atoms with Crippen LogP contribution in [0.2, 0.25) is 0 Å². The molecule has 2 unspecified atom stereocenters. The quantitative estimate of drug-likeness (QED) is 0.309. The molecule has 0 bridgehead atoms. The number of hydrogen-bond donors (Lipinski definition) is 2. The number of carbonyl (C=O) groups is 1. The Balaban J connectivity index is 1.46. The number of thiocarbonyl (C=S) groups is 1. The topological polar surface area (TPSA) is 62.2 Å². The first-order valence-corrected chi connectivity index (χ1v) is 12.9. The molecule has 2 N–H and O–H groups in total. The Morgan fingerprint density at radius 3 is 2.54 bits per heavy atom. The highest BCUT2D eigenvalue weighted by atomic mass is 32.1. The lowest BCUT2D eigenvalue weighted by Crippen LogP contribution is -2.33. The summed E-state index contributed by atoms with van der Waals surface area (Å²) in [5.41, 5.74) is 7.24. The van der Waals surface area contributed by atoms with Crippen molar-refractivity contribution in [2.45, 2.75) is 39.3 Å². The van der Waals surface area contributed by atoms with Crippen LogP contribution < -0.4 is 10.6 Å². The maximum absolute atomic E-state index is 13.0. The first-order chi connectivity index (χ1) is 17.9. The molecule has 2 aromatic heterocycles. The van der Waals surface area contributed by atoms with Gasteiger partial charge in [0.1, 0.15) is 0 Å². The van der Waals surface area contributed by atoms with Gasteiger partial charge < -0.3 is 20.1 Å². The summed E-state index contributed by atoms with van der Waals surface area (Å²) >= 11 is 5.83. The Morgan fingerprint density at radius 2 is 1.78 bits per heavy atom. The minimum atomic E-state index is -0.146. The Kier molecular flexibility index (Phi) is 7.06. The number of benzene rings is 2. The van der Waals surface area contributed by atoms with Gasteiger partial charge in [-0.15, -0.1) is 0 Å². The van der Waals surface area contributed by atoms with E-state index in [4.69, 9.17) is 12.2 Å². The largest absolute Gasteiger partial charge is 0.352 e. The molecule has 3 heterocycles. The van der Waals surface area contributed by atoms with Crippen LogP contribution in [0.15, 0.2) is 85.1 Å². The van der Waals surface area contributed by atoms with Gasteiger partial charge >= 0.3 is 0 Å². The van der Waals surface area contributed by atoms with Crippen molar-refractivity contribution >= 4 is 28.9 Å². The van der Waals surface area contributed by atoms with E-state index in [1.54, 1.807) is 6.20 Å². The van der Waals surface area contributed by atoms with Crippen LogP contribution in [0.1, 0.15) is 46.7 Å². The number of aryl methyl sites for hydroxylation is 3. The molecule has 0 radical (unpaired) electrons. The summed E-state index contributed by atoms with van der Waals surface area (Å²) in [5, 5.41) is 7.20. The summed E-state index contributed by atoms with van der Waals surface area (Å²) in [7, 11) is 0. The molecule has 37 heavy (non-hydrogen) atoms. The summed E-state index contributed by atoms with van der Waals surface area (Å²) in [6.45, 7) is 6.61. The first kappa shape index (κ1) is 24.7. The zero-order valence-corrected chi connectivity index (χ0v) is 22.1. The van der Waals surface area contributed by atoms with Gasteiger partial charge in [0.15, 0.2) is 5.11 Å². The highest BCUT2D eigenvalue weighted by Crippen LogP contribution is 2.40. The van der Waals surface area contributed by atoms with Gasteiger partial charge in [-0.25, -0.2) is 0 Å². The molecule has 0 aliphatic carbocycles. The maximum Gasteiger partial charge on any atom is 0.226 e. The normalized spacial score (nSPS) is 17.1. The number of nitrogens with zero attached hydrogens (tertiary/aromatic N) is 3. The number of para-hydroxylation sites is 1. The minimum absolute atomic E-state index is 0.0360. The van der Waals surface area contributed by atoms with Crippen molar-refractivity contribution in [3.05, 3.63) is 113 Å². The maximum atomic E-state index is 13.0. The molecule has 1 aliphatic heterocycles. The third kappa shape index (κ3) is 5.13. The summed E-state index contributed by atoms with van der Waals surface area (Å²) in [4.78, 5) is 19.8. The lowest BCUT2D eigenvalue weighted by atomic mass is 10.0. The van der Waals surface area contributed by atoms with E-state index in [9.17, 15) is 4.79 Å². The second kappa shape index (κ2) is 10.6. The van der Waals surface area contributed by atoms with E-state index in [1.807, 2.05) is 68.4 Å². The summed E-state index contributed by atoms with van der Waals surface area (Å²) in [5.74, 6) is -0.0360. The Bertz CT molecular complexity index is 1420. The zero-order chi connectivity index (χ0) is 25.9. The predicted molar refractivity (Wildman–Crippen MR) is 152 cm³/mol. The molecule has 1 aliphatic rings. The lowest BCUT2D eigenvalue weighted by molar-refractivity contribution is -0.116. The fourth-order valence-electron chi connectivity index (χ4n) is 4.99. The number of nitrogens with one attached hydrogen (secondary N) is 2. The van der Waals surface area contributed by atoms with Crippen LogP contribution in [0.4, 0.5) is 5.69 Å². The van der Waals surface area contributed by atoms with Gasteiger partial charge in [0.25, 0.3) is 0 Å². The second-order valence-electron chi connectivity index (χ2n) is 9.51. The van der Waals surface area contributed by atoms with Crippen LogP contribution in [-0.4, -0.2) is 32.0 Å². The predicted octanol–water partition coefficient (Wildman–Crippen LogP) is 5.80. The van der Waals surface area contributed by atoms with Crippen LogP contribution in [0, 0.1) is 20.8 Å². The van der Waals surface area contributed by atoms with E-state index < -0.39 is 0 Å². The summed E-state index contributed by atoms with van der Waals surface area (Å²) < 4.78 is 2.26. The van der Waals surface area contributed by atoms with Crippen molar-refractivity contribution in [3.8, 4) is 5.69 Å². The highest BCUT2D eigenvalue weighted by molar-refractivity contribution is 7.80. The number of rotatable bonds is 7. The molecule has 188 valence electrons. The number of carbonyl (C=O) groups excluding carboxylic acids is 1. The molecular formula is C30H31N5OS. The van der Waals surface area contributed by atoms with Crippen molar-refractivity contribution in [3.63, 3.8) is 0 Å². The standard InChI is InChI=1S/C30H31N5OS/c1-20-12-13-21(2)25(19-20)32-27(36)16-18-34-29(28(33-30(34)37)24-11-7-8-17-31-24)26-15-14-22(3)35(26)23-9-5-4-6-10-23/h4-15,17,19,28-29H,16,18H2,1-3H3,(H,32,36)(H,33,37). The molecule has 4 aromatic rings. The fourth-order valence-corrected chi connectivity index (χ4v) is 5.32. The van der Waals surface area contributed by atoms with Crippen LogP contribution in [0.3, 0.4) is 0 Å². The molecule has 1 saturated heterocycles. The van der Waals surface area contributed by atoms with Gasteiger partial charge in [-0.2, -0.15) is 0 Å². The Morgan fingerprint density at radius 1 is 1.00 bits per heavy atom. The van der Waals surface area contributed by atoms with Gasteiger partial charge in [0.05, 0.1) is 17.8 Å². The van der Waals surface area contributed by atoms with Gasteiger partial charge in [0.2, 0.25) is 5.91 Å². The van der Waals surface area contributed by atoms with E-state index in [0.717, 1.165) is 39.6 Å². The Hall–Kier alpha value is -3.97. The molecule has 0 spiro atoms. The molecule has 1 fully saturated rings. The number of aromatic nitrogens is 2. The van der Waals surface area contributed by atoms with Gasteiger partial charge in [-0.3, -0.25) is 9.78 Å². The number of hydrogen-bond acceptors (Lipinski definition) is 3. The third-order valence-corrected chi connectivity index (χ3v) is 7.22. The van der Waals surface area contributed by atoms with E-state index in [2.05, 4.69) is 56.3 Å². The average Bonchev–Trinajstić information content (AvgIpc) is 3.44. The van der Waals surface area contributed by atoms with Crippen LogP contribution >= 0.6 is 12.2 Å².